The Morgan fingerprint density at radius 2 is 1.82 bits per heavy atom. The molecule has 0 atom stereocenters. The van der Waals surface area contributed by atoms with Gasteiger partial charge in [-0.15, -0.1) is 0 Å². The molecule has 4 nitrogen and oxygen atoms in total. The van der Waals surface area contributed by atoms with E-state index in [9.17, 15) is 14.4 Å². The van der Waals surface area contributed by atoms with E-state index in [-0.39, 0.29) is 29.3 Å². The summed E-state index contributed by atoms with van der Waals surface area (Å²) in [5.74, 6) is -0.337. The number of carbonyl (C=O) groups excluding carboxylic acids is 3. The Labute approximate surface area is 101 Å². The summed E-state index contributed by atoms with van der Waals surface area (Å²) in [5.41, 5.74) is 0.390. The highest BCUT2D eigenvalue weighted by molar-refractivity contribution is 6.02. The second kappa shape index (κ2) is 7.33. The molecule has 0 aromatic carbocycles. The van der Waals surface area contributed by atoms with Crippen molar-refractivity contribution in [2.45, 2.75) is 13.3 Å². The number of hydrogen-bond acceptors (Lipinski definition) is 3. The lowest BCUT2D eigenvalue weighted by atomic mass is 10.1. The first-order valence-corrected chi connectivity index (χ1v) is 5.17. The highest BCUT2D eigenvalue weighted by Gasteiger charge is 2.15. The van der Waals surface area contributed by atoms with Gasteiger partial charge in [-0.05, 0) is 6.92 Å². The number of Topliss-reactive ketones (excluding diaryl/α,β-unsaturated/α-hetero) is 1. The molecule has 0 aromatic heterocycles. The van der Waals surface area contributed by atoms with Gasteiger partial charge in [0, 0.05) is 31.2 Å². The van der Waals surface area contributed by atoms with Crippen LogP contribution in [0, 0.1) is 0 Å². The van der Waals surface area contributed by atoms with Crippen LogP contribution in [-0.2, 0) is 14.4 Å². The van der Waals surface area contributed by atoms with Crippen LogP contribution in [0.1, 0.15) is 13.3 Å². The van der Waals surface area contributed by atoms with Gasteiger partial charge < -0.3 is 4.90 Å². The number of nitrogens with zero attached hydrogens (tertiary/aromatic N) is 1. The van der Waals surface area contributed by atoms with Crippen molar-refractivity contribution in [3.8, 4) is 0 Å². The molecule has 0 saturated heterocycles. The number of aldehydes is 1. The van der Waals surface area contributed by atoms with E-state index in [1.54, 1.807) is 7.05 Å². The van der Waals surface area contributed by atoms with E-state index in [0.29, 0.717) is 12.8 Å². The average Bonchev–Trinajstić information content (AvgIpc) is 2.31. The molecule has 0 radical (unpaired) electrons. The normalized spacial score (nSPS) is 11.2. The lowest BCUT2D eigenvalue weighted by Gasteiger charge is -2.17. The molecular formula is C13H17NO3. The van der Waals surface area contributed by atoms with E-state index in [1.807, 2.05) is 0 Å². The summed E-state index contributed by atoms with van der Waals surface area (Å²) in [6, 6.07) is 0. The van der Waals surface area contributed by atoms with Crippen LogP contribution >= 0.6 is 0 Å². The number of ketones is 1. The standard InChI is InChI=1S/C13H17NO3/c1-5-11(9-15)12(6-2)13(17)14(4)8-7-10(3)16/h5-6,9H,1-2,7-8H2,3-4H3/b12-11-. The van der Waals surface area contributed by atoms with Crippen LogP contribution in [0.15, 0.2) is 36.5 Å². The number of likely N-dealkylation sites (N-methyl/N-ethyl adjacent to an activating group) is 1. The van der Waals surface area contributed by atoms with Gasteiger partial charge in [-0.2, -0.15) is 0 Å². The van der Waals surface area contributed by atoms with E-state index in [2.05, 4.69) is 13.2 Å². The SMILES string of the molecule is C=C/C(C=O)=C(\C=C)C(=O)N(C)CCC(C)=O. The largest absolute Gasteiger partial charge is 0.341 e. The van der Waals surface area contributed by atoms with Crippen molar-refractivity contribution in [3.05, 3.63) is 36.5 Å². The van der Waals surface area contributed by atoms with Crippen molar-refractivity contribution < 1.29 is 14.4 Å². The third kappa shape index (κ3) is 4.59. The smallest absolute Gasteiger partial charge is 0.254 e. The molecule has 0 fully saturated rings. The van der Waals surface area contributed by atoms with E-state index in [4.69, 9.17) is 0 Å². The fraction of sp³-hybridized carbons (Fsp3) is 0.308. The molecule has 0 aliphatic rings. The Bertz CT molecular complexity index is 370. The fourth-order valence-corrected chi connectivity index (χ4v) is 1.18. The summed E-state index contributed by atoms with van der Waals surface area (Å²) >= 11 is 0. The quantitative estimate of drug-likeness (QED) is 0.379. The Morgan fingerprint density at radius 1 is 1.24 bits per heavy atom. The maximum atomic E-state index is 11.9. The van der Waals surface area contributed by atoms with Gasteiger partial charge in [0.05, 0.1) is 0 Å². The molecule has 0 unspecified atom stereocenters. The third-order valence-corrected chi connectivity index (χ3v) is 2.24. The first-order chi connectivity index (χ1) is 7.97. The van der Waals surface area contributed by atoms with E-state index in [0.717, 1.165) is 0 Å². The van der Waals surface area contributed by atoms with Gasteiger partial charge in [-0.25, -0.2) is 0 Å². The molecule has 0 aromatic rings. The van der Waals surface area contributed by atoms with Gasteiger partial charge in [0.1, 0.15) is 5.78 Å². The second-order valence-electron chi connectivity index (χ2n) is 3.57. The summed E-state index contributed by atoms with van der Waals surface area (Å²) < 4.78 is 0. The summed E-state index contributed by atoms with van der Waals surface area (Å²) in [5, 5.41) is 0. The van der Waals surface area contributed by atoms with Crippen LogP contribution < -0.4 is 0 Å². The summed E-state index contributed by atoms with van der Waals surface area (Å²) in [4.78, 5) is 34.8. The Morgan fingerprint density at radius 3 is 2.18 bits per heavy atom. The van der Waals surface area contributed by atoms with Gasteiger partial charge in [-0.1, -0.05) is 25.3 Å². The van der Waals surface area contributed by atoms with Crippen molar-refractivity contribution in [3.63, 3.8) is 0 Å². The minimum Gasteiger partial charge on any atom is -0.341 e. The maximum absolute atomic E-state index is 11.9. The number of carbonyl (C=O) groups is 3. The molecule has 0 aliphatic heterocycles. The minimum absolute atomic E-state index is 0.00751. The highest BCUT2D eigenvalue weighted by Crippen LogP contribution is 2.09. The van der Waals surface area contributed by atoms with Crippen LogP contribution in [0.4, 0.5) is 0 Å². The van der Waals surface area contributed by atoms with Crippen molar-refractivity contribution in [1.29, 1.82) is 0 Å². The topological polar surface area (TPSA) is 54.5 Å². The van der Waals surface area contributed by atoms with Gasteiger partial charge in [0.15, 0.2) is 6.29 Å². The van der Waals surface area contributed by atoms with Crippen LogP contribution in [-0.4, -0.2) is 36.5 Å². The molecule has 0 saturated carbocycles. The highest BCUT2D eigenvalue weighted by atomic mass is 16.2. The number of amides is 1. The van der Waals surface area contributed by atoms with Gasteiger partial charge in [0.25, 0.3) is 5.91 Å². The molecule has 1 amide bonds. The third-order valence-electron chi connectivity index (χ3n) is 2.24. The monoisotopic (exact) mass is 235 g/mol. The van der Waals surface area contributed by atoms with E-state index in [1.165, 1.54) is 24.0 Å². The molecule has 17 heavy (non-hydrogen) atoms. The first kappa shape index (κ1) is 15.0. The Balaban J connectivity index is 4.93. The molecule has 0 rings (SSSR count). The second-order valence-corrected chi connectivity index (χ2v) is 3.57. The van der Waals surface area contributed by atoms with Gasteiger partial charge in [0.2, 0.25) is 0 Å². The average molecular weight is 235 g/mol. The maximum Gasteiger partial charge on any atom is 0.254 e. The predicted octanol–water partition coefficient (Wildman–Crippen LogP) is 1.29. The lowest BCUT2D eigenvalue weighted by Crippen LogP contribution is -2.30. The first-order valence-electron chi connectivity index (χ1n) is 5.17. The zero-order valence-corrected chi connectivity index (χ0v) is 10.2. The fourth-order valence-electron chi connectivity index (χ4n) is 1.18. The molecule has 92 valence electrons. The number of rotatable bonds is 7. The van der Waals surface area contributed by atoms with Crippen molar-refractivity contribution in [2.75, 3.05) is 13.6 Å². The van der Waals surface area contributed by atoms with E-state index < -0.39 is 0 Å². The molecule has 0 spiro atoms. The number of hydrogen-bond donors (Lipinski definition) is 0. The molecule has 0 bridgehead atoms. The van der Waals surface area contributed by atoms with Crippen LogP contribution in [0.25, 0.3) is 0 Å². The van der Waals surface area contributed by atoms with Gasteiger partial charge in [-0.3, -0.25) is 14.4 Å². The lowest BCUT2D eigenvalue weighted by molar-refractivity contribution is -0.126. The van der Waals surface area contributed by atoms with Crippen molar-refractivity contribution >= 4 is 18.0 Å². The Hall–Kier alpha value is -1.97. The van der Waals surface area contributed by atoms with Crippen molar-refractivity contribution in [1.82, 2.24) is 4.90 Å². The van der Waals surface area contributed by atoms with Crippen molar-refractivity contribution in [2.24, 2.45) is 0 Å². The van der Waals surface area contributed by atoms with Gasteiger partial charge >= 0.3 is 0 Å². The summed E-state index contributed by atoms with van der Waals surface area (Å²) in [7, 11) is 1.57. The predicted molar refractivity (Wildman–Crippen MR) is 66.4 cm³/mol. The molecular weight excluding hydrogens is 218 g/mol. The van der Waals surface area contributed by atoms with Crippen LogP contribution in [0.2, 0.25) is 0 Å². The minimum atomic E-state index is -0.344. The zero-order chi connectivity index (χ0) is 13.4. The molecule has 0 N–H and O–H groups in total. The summed E-state index contributed by atoms with van der Waals surface area (Å²) in [6.45, 7) is 8.73. The molecule has 0 aliphatic carbocycles. The number of allylic oxidation sites excluding steroid dienone is 2. The molecule has 0 heterocycles. The molecule has 4 heteroatoms. The summed E-state index contributed by atoms with van der Waals surface area (Å²) in [6.07, 6.45) is 3.47. The van der Waals surface area contributed by atoms with Crippen LogP contribution in [0.5, 0.6) is 0 Å². The zero-order valence-electron chi connectivity index (χ0n) is 10.2. The van der Waals surface area contributed by atoms with E-state index >= 15 is 0 Å². The van der Waals surface area contributed by atoms with Crippen LogP contribution in [0.3, 0.4) is 0 Å². The Kier molecular flexibility index (Phi) is 6.48.